The third kappa shape index (κ3) is 3.51. The molecule has 2 aromatic rings. The molecule has 4 rings (SSSR count). The number of aryl methyl sites for hydroxylation is 2. The van der Waals surface area contributed by atoms with Gasteiger partial charge in [0.1, 0.15) is 5.82 Å². The number of fused-ring (bicyclic) bond motifs is 3. The Balaban J connectivity index is 1.43. The molecule has 2 aliphatic rings. The molecule has 1 fully saturated rings. The number of imidazole rings is 1. The molecular weight excluding hydrogens is 336 g/mol. The Morgan fingerprint density at radius 1 is 1.24 bits per heavy atom. The fraction of sp³-hybridized carbons (Fsp3) is 0.500. The average Bonchev–Trinajstić information content (AvgIpc) is 3.08. The molecule has 0 radical (unpaired) electrons. The van der Waals surface area contributed by atoms with Crippen molar-refractivity contribution in [3.8, 4) is 0 Å². The minimum absolute atomic E-state index is 0.0650. The maximum Gasteiger partial charge on any atom is 0.281 e. The highest BCUT2D eigenvalue weighted by Crippen LogP contribution is 2.24. The molecule has 0 aliphatic carbocycles. The number of thioether (sulfide) groups is 1. The maximum absolute atomic E-state index is 12.2. The van der Waals surface area contributed by atoms with Crippen molar-refractivity contribution in [1.82, 2.24) is 14.5 Å². The molecule has 0 bridgehead atoms. The van der Waals surface area contributed by atoms with E-state index in [1.54, 1.807) is 4.90 Å². The van der Waals surface area contributed by atoms with Crippen LogP contribution in [0.5, 0.6) is 0 Å². The molecule has 1 N–H and O–H groups in total. The van der Waals surface area contributed by atoms with E-state index in [0.717, 1.165) is 47.8 Å². The quantitative estimate of drug-likeness (QED) is 0.911. The van der Waals surface area contributed by atoms with Crippen LogP contribution in [0.1, 0.15) is 31.5 Å². The number of carbonyl (C=O) groups is 2. The number of hydrogen-bond donors (Lipinski definition) is 1. The third-order valence-corrected chi connectivity index (χ3v) is 5.74. The van der Waals surface area contributed by atoms with Gasteiger partial charge in [0, 0.05) is 43.9 Å². The van der Waals surface area contributed by atoms with Gasteiger partial charge in [-0.1, -0.05) is 18.2 Å². The molecule has 1 aromatic carbocycles. The summed E-state index contributed by atoms with van der Waals surface area (Å²) in [4.78, 5) is 30.2. The number of aromatic nitrogens is 2. The van der Waals surface area contributed by atoms with Crippen molar-refractivity contribution in [3.63, 3.8) is 0 Å². The van der Waals surface area contributed by atoms with Gasteiger partial charge in [-0.25, -0.2) is 4.98 Å². The molecule has 0 saturated carbocycles. The van der Waals surface area contributed by atoms with E-state index in [1.165, 1.54) is 31.0 Å². The van der Waals surface area contributed by atoms with E-state index < -0.39 is 0 Å². The third-order valence-electron chi connectivity index (χ3n) is 4.85. The molecule has 0 spiro atoms. The topological polar surface area (TPSA) is 67.2 Å². The lowest BCUT2D eigenvalue weighted by Gasteiger charge is -2.14. The van der Waals surface area contributed by atoms with Crippen molar-refractivity contribution >= 4 is 39.6 Å². The summed E-state index contributed by atoms with van der Waals surface area (Å²) in [6.07, 6.45) is 5.00. The lowest BCUT2D eigenvalue weighted by atomic mass is 10.2. The van der Waals surface area contributed by atoms with Crippen LogP contribution < -0.4 is 5.32 Å². The van der Waals surface area contributed by atoms with E-state index in [2.05, 4.69) is 9.88 Å². The predicted molar refractivity (Wildman–Crippen MR) is 100.0 cm³/mol. The van der Waals surface area contributed by atoms with Crippen LogP contribution in [0.4, 0.5) is 10.5 Å². The monoisotopic (exact) mass is 358 g/mol. The first-order valence-corrected chi connectivity index (χ1v) is 9.90. The maximum atomic E-state index is 12.2. The second-order valence-electron chi connectivity index (χ2n) is 6.59. The highest BCUT2D eigenvalue weighted by molar-refractivity contribution is 8.13. The summed E-state index contributed by atoms with van der Waals surface area (Å²) < 4.78 is 2.31. The van der Waals surface area contributed by atoms with Crippen molar-refractivity contribution in [3.05, 3.63) is 24.0 Å². The van der Waals surface area contributed by atoms with Crippen LogP contribution in [0.3, 0.4) is 0 Å². The Morgan fingerprint density at radius 3 is 3.00 bits per heavy atom. The highest BCUT2D eigenvalue weighted by atomic mass is 32.2. The van der Waals surface area contributed by atoms with Crippen LogP contribution in [-0.2, 0) is 17.8 Å². The number of hydrogen-bond acceptors (Lipinski definition) is 4. The van der Waals surface area contributed by atoms with Gasteiger partial charge in [-0.2, -0.15) is 0 Å². The van der Waals surface area contributed by atoms with Gasteiger partial charge in [-0.3, -0.25) is 9.59 Å². The van der Waals surface area contributed by atoms with E-state index >= 15 is 0 Å². The van der Waals surface area contributed by atoms with E-state index in [9.17, 15) is 9.59 Å². The summed E-state index contributed by atoms with van der Waals surface area (Å²) in [5, 5.41) is 3.01. The molecule has 7 heteroatoms. The molecular formula is C18H22N4O2S. The van der Waals surface area contributed by atoms with Crippen molar-refractivity contribution in [2.75, 3.05) is 24.2 Å². The van der Waals surface area contributed by atoms with Gasteiger partial charge in [0.05, 0.1) is 11.0 Å². The zero-order valence-electron chi connectivity index (χ0n) is 14.2. The first-order chi connectivity index (χ1) is 12.2. The fourth-order valence-electron chi connectivity index (χ4n) is 3.52. The van der Waals surface area contributed by atoms with Crippen molar-refractivity contribution in [1.29, 1.82) is 0 Å². The van der Waals surface area contributed by atoms with Crippen LogP contribution in [0.15, 0.2) is 18.2 Å². The number of rotatable bonds is 4. The molecule has 0 atom stereocenters. The summed E-state index contributed by atoms with van der Waals surface area (Å²) >= 11 is 1.32. The summed E-state index contributed by atoms with van der Waals surface area (Å²) in [6, 6.07) is 5.94. The molecule has 6 nitrogen and oxygen atoms in total. The Kier molecular flexibility index (Phi) is 4.65. The number of amides is 2. The highest BCUT2D eigenvalue weighted by Gasteiger charge is 2.21. The standard InChI is InChI=1S/C18H22N4O2S/c23-17(7-9-21-10-11-25-18(21)24)19-13-5-6-15-14(12-13)20-16-4-2-1-3-8-22(15)16/h5-6,12H,1-4,7-11H2,(H,19,23). The van der Waals surface area contributed by atoms with E-state index in [1.807, 2.05) is 18.2 Å². The number of anilines is 1. The summed E-state index contributed by atoms with van der Waals surface area (Å²) in [6.45, 7) is 2.25. The molecule has 3 heterocycles. The predicted octanol–water partition coefficient (Wildman–Crippen LogP) is 3.26. The lowest BCUT2D eigenvalue weighted by molar-refractivity contribution is -0.116. The molecule has 1 saturated heterocycles. The molecule has 25 heavy (non-hydrogen) atoms. The van der Waals surface area contributed by atoms with E-state index in [0.29, 0.717) is 13.0 Å². The minimum atomic E-state index is -0.0650. The van der Waals surface area contributed by atoms with Crippen LogP contribution in [0.2, 0.25) is 0 Å². The Labute approximate surface area is 151 Å². The zero-order valence-corrected chi connectivity index (χ0v) is 15.0. The first-order valence-electron chi connectivity index (χ1n) is 8.91. The smallest absolute Gasteiger partial charge is 0.281 e. The molecule has 1 aromatic heterocycles. The number of benzene rings is 1. The number of nitrogens with one attached hydrogen (secondary N) is 1. The van der Waals surface area contributed by atoms with E-state index in [4.69, 9.17) is 4.98 Å². The molecule has 2 aliphatic heterocycles. The summed E-state index contributed by atoms with van der Waals surface area (Å²) in [7, 11) is 0. The zero-order chi connectivity index (χ0) is 17.2. The van der Waals surface area contributed by atoms with Crippen LogP contribution in [-0.4, -0.2) is 44.4 Å². The van der Waals surface area contributed by atoms with Gasteiger partial charge >= 0.3 is 0 Å². The van der Waals surface area contributed by atoms with Crippen LogP contribution >= 0.6 is 11.8 Å². The molecule has 132 valence electrons. The number of nitrogens with zero attached hydrogens (tertiary/aromatic N) is 3. The van der Waals surface area contributed by atoms with Crippen molar-refractivity contribution < 1.29 is 9.59 Å². The van der Waals surface area contributed by atoms with Gasteiger partial charge in [0.25, 0.3) is 5.24 Å². The fourth-order valence-corrected chi connectivity index (χ4v) is 4.37. The van der Waals surface area contributed by atoms with Gasteiger partial charge in [-0.05, 0) is 31.0 Å². The normalized spacial score (nSPS) is 17.6. The van der Waals surface area contributed by atoms with Crippen LogP contribution in [0.25, 0.3) is 11.0 Å². The van der Waals surface area contributed by atoms with Gasteiger partial charge in [0.15, 0.2) is 0 Å². The van der Waals surface area contributed by atoms with Crippen LogP contribution in [0, 0.1) is 0 Å². The summed E-state index contributed by atoms with van der Waals surface area (Å²) in [5.41, 5.74) is 2.86. The van der Waals surface area contributed by atoms with Gasteiger partial charge in [0.2, 0.25) is 5.91 Å². The number of carbonyl (C=O) groups excluding carboxylic acids is 2. The van der Waals surface area contributed by atoms with Crippen molar-refractivity contribution in [2.45, 2.75) is 38.6 Å². The first kappa shape index (κ1) is 16.4. The Hall–Kier alpha value is -2.02. The van der Waals surface area contributed by atoms with Crippen molar-refractivity contribution in [2.24, 2.45) is 0 Å². The second kappa shape index (κ2) is 7.07. The summed E-state index contributed by atoms with van der Waals surface area (Å²) in [5.74, 6) is 1.91. The van der Waals surface area contributed by atoms with E-state index in [-0.39, 0.29) is 11.1 Å². The minimum Gasteiger partial charge on any atom is -0.332 e. The second-order valence-corrected chi connectivity index (χ2v) is 7.64. The molecule has 2 amide bonds. The average molecular weight is 358 g/mol. The largest absolute Gasteiger partial charge is 0.332 e. The lowest BCUT2D eigenvalue weighted by Crippen LogP contribution is -2.27. The van der Waals surface area contributed by atoms with Gasteiger partial charge in [-0.15, -0.1) is 0 Å². The Bertz CT molecular complexity index is 817. The molecule has 0 unspecified atom stereocenters. The SMILES string of the molecule is O=C(CCN1CCSC1=O)Nc1ccc2c(c1)nc1n2CCCCC1. The Morgan fingerprint density at radius 2 is 2.16 bits per heavy atom. The van der Waals surface area contributed by atoms with Gasteiger partial charge < -0.3 is 14.8 Å².